The Morgan fingerprint density at radius 3 is 2.61 bits per heavy atom. The van der Waals surface area contributed by atoms with Gasteiger partial charge in [-0.05, 0) is 25.2 Å². The number of aromatic nitrogens is 1. The molecule has 0 aliphatic heterocycles. The molecule has 1 heterocycles. The summed E-state index contributed by atoms with van der Waals surface area (Å²) in [6, 6.07) is 0.355. The zero-order valence-corrected chi connectivity index (χ0v) is 16.0. The number of rotatable bonds is 6. The Bertz CT molecular complexity index is 498. The quantitative estimate of drug-likeness (QED) is 0.807. The van der Waals surface area contributed by atoms with Crippen LogP contribution in [-0.4, -0.2) is 16.9 Å². The van der Waals surface area contributed by atoms with E-state index in [1.807, 2.05) is 5.38 Å². The van der Waals surface area contributed by atoms with Crippen molar-refractivity contribution in [2.24, 2.45) is 5.92 Å². The summed E-state index contributed by atoms with van der Waals surface area (Å²) in [5.41, 5.74) is 0.975. The molecule has 2 rings (SSSR count). The molecule has 1 atom stereocenters. The predicted molar refractivity (Wildman–Crippen MR) is 97.9 cm³/mol. The average molecular weight is 337 g/mol. The fourth-order valence-electron chi connectivity index (χ4n) is 3.43. The second-order valence-electron chi connectivity index (χ2n) is 7.93. The highest BCUT2D eigenvalue weighted by Crippen LogP contribution is 2.29. The summed E-state index contributed by atoms with van der Waals surface area (Å²) in [5.74, 6) is 0.813. The molecule has 0 aromatic carbocycles. The van der Waals surface area contributed by atoms with Crippen LogP contribution in [0, 0.1) is 5.92 Å². The molecule has 1 aliphatic carbocycles. The van der Waals surface area contributed by atoms with Gasteiger partial charge in [-0.3, -0.25) is 4.79 Å². The lowest BCUT2D eigenvalue weighted by atomic mass is 9.82. The van der Waals surface area contributed by atoms with Crippen LogP contribution in [0.1, 0.15) is 83.3 Å². The van der Waals surface area contributed by atoms with Crippen LogP contribution < -0.4 is 5.32 Å². The molecular formula is C19H32N2OS. The third-order valence-electron chi connectivity index (χ3n) is 4.70. The van der Waals surface area contributed by atoms with Gasteiger partial charge in [0, 0.05) is 16.8 Å². The molecule has 1 amide bonds. The van der Waals surface area contributed by atoms with Crippen molar-refractivity contribution >= 4 is 17.2 Å². The van der Waals surface area contributed by atoms with E-state index in [0.717, 1.165) is 23.5 Å². The second-order valence-corrected chi connectivity index (χ2v) is 8.79. The summed E-state index contributed by atoms with van der Waals surface area (Å²) in [7, 11) is 0. The van der Waals surface area contributed by atoms with Crippen LogP contribution in [-0.2, 0) is 16.6 Å². The molecular weight excluding hydrogens is 304 g/mol. The SMILES string of the molecule is CCCC(NC(=O)Cc1csc(C(C)(C)C)n1)C1CCCCC1. The maximum absolute atomic E-state index is 12.5. The van der Waals surface area contributed by atoms with Crippen LogP contribution in [0.3, 0.4) is 0 Å². The number of nitrogens with zero attached hydrogens (tertiary/aromatic N) is 1. The van der Waals surface area contributed by atoms with Gasteiger partial charge >= 0.3 is 0 Å². The molecule has 1 aromatic heterocycles. The molecule has 23 heavy (non-hydrogen) atoms. The zero-order valence-electron chi connectivity index (χ0n) is 15.2. The summed E-state index contributed by atoms with van der Waals surface area (Å²) in [6.07, 6.45) is 9.19. The highest BCUT2D eigenvalue weighted by Gasteiger charge is 2.25. The minimum atomic E-state index is 0.0617. The number of carbonyl (C=O) groups is 1. The van der Waals surface area contributed by atoms with E-state index in [1.165, 1.54) is 32.1 Å². The number of thiazole rings is 1. The van der Waals surface area contributed by atoms with Crippen LogP contribution in [0.2, 0.25) is 0 Å². The van der Waals surface area contributed by atoms with Gasteiger partial charge in [0.2, 0.25) is 5.91 Å². The van der Waals surface area contributed by atoms with Crippen molar-refractivity contribution in [2.45, 2.75) is 90.5 Å². The van der Waals surface area contributed by atoms with Gasteiger partial charge in [0.1, 0.15) is 0 Å². The van der Waals surface area contributed by atoms with E-state index in [9.17, 15) is 4.79 Å². The Balaban J connectivity index is 1.92. The van der Waals surface area contributed by atoms with Crippen molar-refractivity contribution < 1.29 is 4.79 Å². The molecule has 4 heteroatoms. The van der Waals surface area contributed by atoms with Gasteiger partial charge in [-0.25, -0.2) is 4.98 Å². The van der Waals surface area contributed by atoms with Crippen LogP contribution in [0.5, 0.6) is 0 Å². The fraction of sp³-hybridized carbons (Fsp3) is 0.789. The Hall–Kier alpha value is -0.900. The molecule has 130 valence electrons. The number of hydrogen-bond acceptors (Lipinski definition) is 3. The number of nitrogens with one attached hydrogen (secondary N) is 1. The lowest BCUT2D eigenvalue weighted by molar-refractivity contribution is -0.121. The Labute approximate surface area is 145 Å². The van der Waals surface area contributed by atoms with Gasteiger partial charge in [-0.1, -0.05) is 53.4 Å². The van der Waals surface area contributed by atoms with E-state index in [2.05, 4.69) is 38.0 Å². The molecule has 1 N–H and O–H groups in total. The van der Waals surface area contributed by atoms with Gasteiger partial charge in [0.05, 0.1) is 17.1 Å². The molecule has 1 aromatic rings. The number of amides is 1. The van der Waals surface area contributed by atoms with E-state index in [0.29, 0.717) is 18.4 Å². The van der Waals surface area contributed by atoms with Crippen LogP contribution in [0.4, 0.5) is 0 Å². The standard InChI is InChI=1S/C19H32N2OS/c1-5-9-16(14-10-7-6-8-11-14)21-17(22)12-15-13-23-18(20-15)19(2,3)4/h13-14,16H,5-12H2,1-4H3,(H,21,22). The van der Waals surface area contributed by atoms with E-state index in [-0.39, 0.29) is 11.3 Å². The van der Waals surface area contributed by atoms with Gasteiger partial charge < -0.3 is 5.32 Å². The lowest BCUT2D eigenvalue weighted by Gasteiger charge is -2.30. The fourth-order valence-corrected chi connectivity index (χ4v) is 4.34. The van der Waals surface area contributed by atoms with Crippen molar-refractivity contribution in [3.63, 3.8) is 0 Å². The van der Waals surface area contributed by atoms with Crippen molar-refractivity contribution in [1.82, 2.24) is 10.3 Å². The van der Waals surface area contributed by atoms with Crippen LogP contribution in [0.25, 0.3) is 0 Å². The van der Waals surface area contributed by atoms with Crippen molar-refractivity contribution in [3.8, 4) is 0 Å². The normalized spacial score (nSPS) is 17.9. The first kappa shape index (κ1) is 18.4. The minimum absolute atomic E-state index is 0.0617. The first-order chi connectivity index (χ1) is 10.9. The van der Waals surface area contributed by atoms with E-state index in [4.69, 9.17) is 0 Å². The summed E-state index contributed by atoms with van der Waals surface area (Å²) in [4.78, 5) is 17.1. The maximum Gasteiger partial charge on any atom is 0.226 e. The topological polar surface area (TPSA) is 42.0 Å². The third kappa shape index (κ3) is 5.59. The second kappa shape index (κ2) is 8.27. The smallest absolute Gasteiger partial charge is 0.226 e. The zero-order chi connectivity index (χ0) is 16.9. The largest absolute Gasteiger partial charge is 0.353 e. The molecule has 3 nitrogen and oxygen atoms in total. The highest BCUT2D eigenvalue weighted by atomic mass is 32.1. The Morgan fingerprint density at radius 1 is 1.35 bits per heavy atom. The molecule has 0 spiro atoms. The minimum Gasteiger partial charge on any atom is -0.353 e. The number of hydrogen-bond donors (Lipinski definition) is 1. The Kier molecular flexibility index (Phi) is 6.63. The molecule has 0 radical (unpaired) electrons. The predicted octanol–water partition coefficient (Wildman–Crippen LogP) is 4.85. The summed E-state index contributed by atoms with van der Waals surface area (Å²) < 4.78 is 0. The summed E-state index contributed by atoms with van der Waals surface area (Å²) >= 11 is 1.66. The average Bonchev–Trinajstić information content (AvgIpc) is 2.96. The third-order valence-corrected chi connectivity index (χ3v) is 6.02. The van der Waals surface area contributed by atoms with Crippen molar-refractivity contribution in [2.75, 3.05) is 0 Å². The molecule has 1 fully saturated rings. The van der Waals surface area contributed by atoms with E-state index in [1.54, 1.807) is 11.3 Å². The van der Waals surface area contributed by atoms with Crippen LogP contribution in [0.15, 0.2) is 5.38 Å². The monoisotopic (exact) mass is 336 g/mol. The maximum atomic E-state index is 12.5. The molecule has 1 saturated carbocycles. The van der Waals surface area contributed by atoms with Gasteiger partial charge in [0.25, 0.3) is 0 Å². The van der Waals surface area contributed by atoms with Crippen LogP contribution >= 0.6 is 11.3 Å². The van der Waals surface area contributed by atoms with E-state index < -0.39 is 0 Å². The molecule has 0 saturated heterocycles. The first-order valence-corrected chi connectivity index (χ1v) is 10.0. The van der Waals surface area contributed by atoms with Crippen molar-refractivity contribution in [1.29, 1.82) is 0 Å². The highest BCUT2D eigenvalue weighted by molar-refractivity contribution is 7.09. The molecule has 1 aliphatic rings. The van der Waals surface area contributed by atoms with Gasteiger partial charge in [0.15, 0.2) is 0 Å². The number of carbonyl (C=O) groups excluding carboxylic acids is 1. The first-order valence-electron chi connectivity index (χ1n) is 9.14. The summed E-state index contributed by atoms with van der Waals surface area (Å²) in [5, 5.41) is 6.46. The van der Waals surface area contributed by atoms with Crippen molar-refractivity contribution in [3.05, 3.63) is 16.1 Å². The van der Waals surface area contributed by atoms with Gasteiger partial charge in [-0.15, -0.1) is 11.3 Å². The summed E-state index contributed by atoms with van der Waals surface area (Å²) in [6.45, 7) is 8.69. The van der Waals surface area contributed by atoms with Gasteiger partial charge in [-0.2, -0.15) is 0 Å². The molecule has 1 unspecified atom stereocenters. The van der Waals surface area contributed by atoms with E-state index >= 15 is 0 Å². The lowest BCUT2D eigenvalue weighted by Crippen LogP contribution is -2.41. The molecule has 0 bridgehead atoms. The Morgan fingerprint density at radius 2 is 2.04 bits per heavy atom.